The van der Waals surface area contributed by atoms with Crippen molar-refractivity contribution in [3.05, 3.63) is 21.4 Å². The van der Waals surface area contributed by atoms with Crippen molar-refractivity contribution in [2.24, 2.45) is 5.73 Å². The quantitative estimate of drug-likeness (QED) is 0.384. The molecule has 1 aromatic rings. The summed E-state index contributed by atoms with van der Waals surface area (Å²) in [5.41, 5.74) is 5.35. The van der Waals surface area contributed by atoms with Gasteiger partial charge in [-0.1, -0.05) is 0 Å². The largest absolute Gasteiger partial charge is 1.00 e. The maximum Gasteiger partial charge on any atom is 1.00 e. The minimum Gasteiger partial charge on any atom is -0.547 e. The van der Waals surface area contributed by atoms with E-state index in [0.717, 1.165) is 16.2 Å². The molecular weight excluding hydrogens is 377 g/mol. The third kappa shape index (κ3) is 3.03. The number of carbonyl (C=O) groups excluding carboxylic acids is 3. The summed E-state index contributed by atoms with van der Waals surface area (Å²) in [7, 11) is -5.00. The van der Waals surface area contributed by atoms with E-state index in [9.17, 15) is 27.9 Å². The van der Waals surface area contributed by atoms with Crippen molar-refractivity contribution >= 4 is 39.6 Å². The third-order valence-corrected chi connectivity index (χ3v) is 5.00. The van der Waals surface area contributed by atoms with Crippen LogP contribution in [0.3, 0.4) is 0 Å². The molecule has 24 heavy (non-hydrogen) atoms. The van der Waals surface area contributed by atoms with E-state index in [1.165, 1.54) is 6.07 Å². The molecule has 0 spiro atoms. The molecule has 1 saturated heterocycles. The minimum absolute atomic E-state index is 0. The fourth-order valence-electron chi connectivity index (χ4n) is 2.61. The van der Waals surface area contributed by atoms with Crippen molar-refractivity contribution in [1.29, 1.82) is 0 Å². The molecular formula is C10H8N3NaO8S2. The van der Waals surface area contributed by atoms with Gasteiger partial charge in [0.25, 0.3) is 5.91 Å². The van der Waals surface area contributed by atoms with Gasteiger partial charge >= 0.3 is 46.0 Å². The summed E-state index contributed by atoms with van der Waals surface area (Å²) in [5, 5.41) is 11.7. The first-order chi connectivity index (χ1) is 10.6. The van der Waals surface area contributed by atoms with Crippen LogP contribution < -0.4 is 40.4 Å². The number of hydrogen-bond acceptors (Lipinski definition) is 8. The number of nitrogens with two attached hydrogens (primary N) is 1. The van der Waals surface area contributed by atoms with Crippen LogP contribution in [0.5, 0.6) is 0 Å². The second-order valence-corrected chi connectivity index (χ2v) is 6.88. The number of nitrogens with zero attached hydrogens (tertiary/aromatic N) is 2. The van der Waals surface area contributed by atoms with Gasteiger partial charge < -0.3 is 20.5 Å². The number of fused-ring (bicyclic) bond motifs is 4. The average molecular weight is 385 g/mol. The van der Waals surface area contributed by atoms with Gasteiger partial charge in [-0.2, -0.15) is 13.5 Å². The SMILES string of the molecule is NC(=O)c1cc2c(s1)[C@@H](C(=O)[O-])N1C[C@H]2N(OS(=O)(=O)O)C1=O.[Na+]. The first-order valence-corrected chi connectivity index (χ1v) is 8.19. The molecule has 2 aliphatic rings. The molecule has 1 fully saturated rings. The van der Waals surface area contributed by atoms with Gasteiger partial charge in [0.1, 0.15) is 12.1 Å². The Bertz CT molecular complexity index is 837. The number of thiophene rings is 1. The van der Waals surface area contributed by atoms with Crippen molar-refractivity contribution in [3.63, 3.8) is 0 Å². The van der Waals surface area contributed by atoms with Crippen LogP contribution in [0.1, 0.15) is 32.2 Å². The van der Waals surface area contributed by atoms with Gasteiger partial charge in [-0.15, -0.1) is 15.6 Å². The summed E-state index contributed by atoms with van der Waals surface area (Å²) in [4.78, 5) is 35.8. The van der Waals surface area contributed by atoms with E-state index in [0.29, 0.717) is 5.06 Å². The molecule has 3 rings (SSSR count). The predicted molar refractivity (Wildman–Crippen MR) is 69.9 cm³/mol. The fourth-order valence-corrected chi connectivity index (χ4v) is 4.16. The molecule has 0 unspecified atom stereocenters. The Morgan fingerprint density at radius 3 is 2.58 bits per heavy atom. The molecule has 0 aliphatic carbocycles. The maximum atomic E-state index is 12.1. The number of carboxylic acid groups (broad SMARTS) is 1. The number of urea groups is 1. The van der Waals surface area contributed by atoms with Crippen LogP contribution in [0.25, 0.3) is 0 Å². The molecule has 0 radical (unpaired) electrons. The van der Waals surface area contributed by atoms with Gasteiger partial charge in [-0.05, 0) is 11.6 Å². The summed E-state index contributed by atoms with van der Waals surface area (Å²) in [5.74, 6) is -2.41. The van der Waals surface area contributed by atoms with E-state index in [1.807, 2.05) is 0 Å². The van der Waals surface area contributed by atoms with E-state index in [2.05, 4.69) is 4.28 Å². The van der Waals surface area contributed by atoms with E-state index >= 15 is 0 Å². The standard InChI is InChI=1S/C10H9N3O8S2.Na/c11-8(14)5-1-3-4-2-12(6(9(15)16)7(3)22-5)10(17)13(4)21-23(18,19)20;/h1,4,6H,2H2,(H2,11,14)(H,15,16)(H,18,19,20);/q;+1/p-1/t4-,6+;/m1./s1. The van der Waals surface area contributed by atoms with Crippen LogP contribution in [0, 0.1) is 0 Å². The van der Waals surface area contributed by atoms with Gasteiger partial charge in [0.05, 0.1) is 17.4 Å². The van der Waals surface area contributed by atoms with Crippen LogP contribution in [0.2, 0.25) is 0 Å². The first kappa shape index (κ1) is 19.1. The Morgan fingerprint density at radius 2 is 2.08 bits per heavy atom. The Balaban J connectivity index is 0.00000208. The molecule has 3 heterocycles. The van der Waals surface area contributed by atoms with Gasteiger partial charge in [0, 0.05) is 4.88 Å². The van der Waals surface area contributed by atoms with Crippen molar-refractivity contribution < 1.29 is 66.3 Å². The van der Waals surface area contributed by atoms with E-state index < -0.39 is 40.4 Å². The second kappa shape index (κ2) is 6.25. The summed E-state index contributed by atoms with van der Waals surface area (Å²) in [6, 6.07) is -2.33. The van der Waals surface area contributed by atoms with Crippen molar-refractivity contribution in [2.45, 2.75) is 12.1 Å². The van der Waals surface area contributed by atoms with Crippen LogP contribution >= 0.6 is 11.3 Å². The number of carboxylic acids is 1. The summed E-state index contributed by atoms with van der Waals surface area (Å²) in [6.07, 6.45) is 0. The van der Waals surface area contributed by atoms with Gasteiger partial charge in [-0.25, -0.2) is 4.79 Å². The molecule has 11 nitrogen and oxygen atoms in total. The van der Waals surface area contributed by atoms with E-state index in [1.54, 1.807) is 0 Å². The molecule has 2 bridgehead atoms. The number of rotatable bonds is 4. The summed E-state index contributed by atoms with van der Waals surface area (Å²) < 4.78 is 34.8. The zero-order valence-corrected chi connectivity index (χ0v) is 15.7. The zero-order chi connectivity index (χ0) is 17.1. The molecule has 2 atom stereocenters. The van der Waals surface area contributed by atoms with Crippen LogP contribution in [-0.2, 0) is 19.5 Å². The zero-order valence-electron chi connectivity index (χ0n) is 12.0. The fraction of sp³-hybridized carbons (Fsp3) is 0.300. The van der Waals surface area contributed by atoms with Gasteiger partial charge in [0.2, 0.25) is 0 Å². The molecule has 124 valence electrons. The third-order valence-electron chi connectivity index (χ3n) is 3.44. The van der Waals surface area contributed by atoms with Crippen LogP contribution in [0.15, 0.2) is 6.07 Å². The van der Waals surface area contributed by atoms with Gasteiger partial charge in [0.15, 0.2) is 0 Å². The number of hydrogen-bond donors (Lipinski definition) is 2. The molecule has 3 N–H and O–H groups in total. The molecule has 0 aromatic carbocycles. The Kier molecular flexibility index (Phi) is 4.98. The monoisotopic (exact) mass is 385 g/mol. The van der Waals surface area contributed by atoms with Crippen molar-refractivity contribution in [1.82, 2.24) is 9.96 Å². The number of aliphatic carboxylic acids is 1. The van der Waals surface area contributed by atoms with Crippen molar-refractivity contribution in [2.75, 3.05) is 6.54 Å². The van der Waals surface area contributed by atoms with Gasteiger partial charge in [-0.3, -0.25) is 9.35 Å². The van der Waals surface area contributed by atoms with Crippen molar-refractivity contribution in [3.8, 4) is 0 Å². The first-order valence-electron chi connectivity index (χ1n) is 6.01. The summed E-state index contributed by atoms with van der Waals surface area (Å²) in [6.45, 7) is -0.213. The minimum atomic E-state index is -5.00. The maximum absolute atomic E-state index is 12.1. The smallest absolute Gasteiger partial charge is 0.547 e. The van der Waals surface area contributed by atoms with Crippen LogP contribution in [0.4, 0.5) is 4.79 Å². The normalized spacial score (nSPS) is 22.1. The summed E-state index contributed by atoms with van der Waals surface area (Å²) >= 11 is 0.766. The number of hydroxylamine groups is 2. The van der Waals surface area contributed by atoms with E-state index in [-0.39, 0.29) is 51.4 Å². The van der Waals surface area contributed by atoms with Crippen LogP contribution in [-0.4, -0.2) is 47.4 Å². The second-order valence-electron chi connectivity index (χ2n) is 4.79. The Labute approximate surface area is 161 Å². The topological polar surface area (TPSA) is 170 Å². The molecule has 1 aromatic heterocycles. The number of primary amides is 1. The molecule has 2 aliphatic heterocycles. The predicted octanol–water partition coefficient (Wildman–Crippen LogP) is -4.83. The molecule has 14 heteroatoms. The molecule has 3 amide bonds. The molecule has 0 saturated carbocycles. The number of amides is 3. The average Bonchev–Trinajstić information content (AvgIpc) is 2.94. The Hall–Kier alpha value is -1.22. The Morgan fingerprint density at radius 1 is 1.46 bits per heavy atom. The van der Waals surface area contributed by atoms with E-state index in [4.69, 9.17) is 10.3 Å². The number of carbonyl (C=O) groups is 3.